The van der Waals surface area contributed by atoms with Crippen LogP contribution >= 0.6 is 0 Å². The Morgan fingerprint density at radius 1 is 1.25 bits per heavy atom. The molecule has 1 fully saturated rings. The number of hydrogen-bond donors (Lipinski definition) is 3. The molecule has 0 spiro atoms. The zero-order valence-corrected chi connectivity index (χ0v) is 12.3. The number of nitrogens with one attached hydrogen (secondary N) is 1. The lowest BCUT2D eigenvalue weighted by Crippen LogP contribution is -2.38. The van der Waals surface area contributed by atoms with Crippen LogP contribution in [0.4, 0.5) is 5.69 Å². The van der Waals surface area contributed by atoms with E-state index in [2.05, 4.69) is 4.72 Å². The second-order valence-corrected chi connectivity index (χ2v) is 7.45. The molecule has 20 heavy (non-hydrogen) atoms. The van der Waals surface area contributed by atoms with Crippen molar-refractivity contribution in [2.75, 3.05) is 18.9 Å². The summed E-state index contributed by atoms with van der Waals surface area (Å²) in [6, 6.07) is 6.95. The van der Waals surface area contributed by atoms with E-state index in [-0.39, 0.29) is 17.8 Å². The Morgan fingerprint density at radius 2 is 1.90 bits per heavy atom. The van der Waals surface area contributed by atoms with Crippen molar-refractivity contribution >= 4 is 15.7 Å². The van der Waals surface area contributed by atoms with Gasteiger partial charge in [-0.2, -0.15) is 0 Å². The molecule has 0 heterocycles. The summed E-state index contributed by atoms with van der Waals surface area (Å²) in [6.45, 7) is 0.335. The van der Waals surface area contributed by atoms with Crippen LogP contribution in [0.3, 0.4) is 0 Å². The van der Waals surface area contributed by atoms with Crippen LogP contribution in [0.15, 0.2) is 24.3 Å². The first-order valence-electron chi connectivity index (χ1n) is 6.88. The zero-order valence-electron chi connectivity index (χ0n) is 11.5. The monoisotopic (exact) mass is 298 g/mol. The molecular formula is C14H22N2O3S. The van der Waals surface area contributed by atoms with Gasteiger partial charge in [0, 0.05) is 24.3 Å². The van der Waals surface area contributed by atoms with Gasteiger partial charge >= 0.3 is 0 Å². The minimum Gasteiger partial charge on any atom is -0.398 e. The van der Waals surface area contributed by atoms with Gasteiger partial charge in [-0.05, 0) is 24.5 Å². The van der Waals surface area contributed by atoms with Crippen molar-refractivity contribution in [3.8, 4) is 0 Å². The van der Waals surface area contributed by atoms with Crippen molar-refractivity contribution in [3.05, 3.63) is 29.8 Å². The highest BCUT2D eigenvalue weighted by Gasteiger charge is 2.34. The van der Waals surface area contributed by atoms with Gasteiger partial charge in [0.05, 0.1) is 5.75 Å². The normalized spacial score (nSPS) is 18.2. The second-order valence-electron chi connectivity index (χ2n) is 5.64. The van der Waals surface area contributed by atoms with E-state index in [0.29, 0.717) is 17.8 Å². The van der Waals surface area contributed by atoms with Crippen molar-refractivity contribution in [3.63, 3.8) is 0 Å². The number of rotatable bonds is 6. The summed E-state index contributed by atoms with van der Waals surface area (Å²) in [7, 11) is -3.43. The van der Waals surface area contributed by atoms with E-state index in [1.165, 1.54) is 0 Å². The zero-order chi connectivity index (χ0) is 14.6. The smallest absolute Gasteiger partial charge is 0.215 e. The lowest BCUT2D eigenvalue weighted by Gasteiger charge is -2.26. The van der Waals surface area contributed by atoms with E-state index in [1.807, 2.05) is 0 Å². The molecule has 0 saturated heterocycles. The van der Waals surface area contributed by atoms with Crippen LogP contribution in [0, 0.1) is 5.41 Å². The molecule has 2 rings (SSSR count). The van der Waals surface area contributed by atoms with Crippen molar-refractivity contribution in [2.45, 2.75) is 31.4 Å². The molecule has 0 atom stereocenters. The molecule has 0 bridgehead atoms. The van der Waals surface area contributed by atoms with Crippen LogP contribution in [0.1, 0.15) is 31.2 Å². The molecule has 0 radical (unpaired) electrons. The van der Waals surface area contributed by atoms with Crippen LogP contribution in [0.5, 0.6) is 0 Å². The van der Waals surface area contributed by atoms with Crippen LogP contribution in [0.25, 0.3) is 0 Å². The Morgan fingerprint density at radius 3 is 2.50 bits per heavy atom. The van der Waals surface area contributed by atoms with Gasteiger partial charge in [0.1, 0.15) is 0 Å². The van der Waals surface area contributed by atoms with Crippen LogP contribution in [0.2, 0.25) is 0 Å². The van der Waals surface area contributed by atoms with Crippen molar-refractivity contribution < 1.29 is 13.5 Å². The number of nitrogens with two attached hydrogens (primary N) is 1. The van der Waals surface area contributed by atoms with Gasteiger partial charge < -0.3 is 10.8 Å². The molecule has 1 aromatic carbocycles. The fraction of sp³-hybridized carbons (Fsp3) is 0.571. The lowest BCUT2D eigenvalue weighted by atomic mass is 9.88. The summed E-state index contributed by atoms with van der Waals surface area (Å²) in [5.74, 6) is -0.124. The topological polar surface area (TPSA) is 92.4 Å². The summed E-state index contributed by atoms with van der Waals surface area (Å²) in [6.07, 6.45) is 3.85. The van der Waals surface area contributed by atoms with Gasteiger partial charge in [-0.25, -0.2) is 13.1 Å². The highest BCUT2D eigenvalue weighted by molar-refractivity contribution is 7.88. The van der Waals surface area contributed by atoms with Crippen LogP contribution in [-0.4, -0.2) is 26.7 Å². The molecule has 4 N–H and O–H groups in total. The number of aliphatic hydroxyl groups is 1. The first-order chi connectivity index (χ1) is 9.46. The van der Waals surface area contributed by atoms with Gasteiger partial charge in [-0.15, -0.1) is 0 Å². The molecule has 5 nitrogen and oxygen atoms in total. The van der Waals surface area contributed by atoms with Crippen LogP contribution in [-0.2, 0) is 15.8 Å². The van der Waals surface area contributed by atoms with Crippen LogP contribution < -0.4 is 10.5 Å². The molecule has 112 valence electrons. The molecule has 1 aromatic rings. The average Bonchev–Trinajstić information content (AvgIpc) is 2.89. The summed E-state index contributed by atoms with van der Waals surface area (Å²) >= 11 is 0. The molecule has 6 heteroatoms. The fourth-order valence-corrected chi connectivity index (χ4v) is 4.00. The summed E-state index contributed by atoms with van der Waals surface area (Å²) in [5, 5.41) is 9.49. The average molecular weight is 298 g/mol. The summed E-state index contributed by atoms with van der Waals surface area (Å²) in [5.41, 5.74) is 6.57. The first-order valence-corrected chi connectivity index (χ1v) is 8.53. The summed E-state index contributed by atoms with van der Waals surface area (Å²) < 4.78 is 26.9. The van der Waals surface area contributed by atoms with E-state index in [0.717, 1.165) is 25.7 Å². The maximum atomic E-state index is 12.1. The first kappa shape index (κ1) is 15.3. The molecule has 1 aliphatic carbocycles. The number of para-hydroxylation sites is 1. The Bertz CT molecular complexity index is 551. The fourth-order valence-electron chi connectivity index (χ4n) is 2.70. The third-order valence-corrected chi connectivity index (χ3v) is 5.34. The van der Waals surface area contributed by atoms with Gasteiger partial charge in [0.15, 0.2) is 0 Å². The number of sulfonamides is 1. The number of nitrogen functional groups attached to an aromatic ring is 1. The molecule has 1 saturated carbocycles. The Hall–Kier alpha value is -1.11. The molecule has 0 aliphatic heterocycles. The highest BCUT2D eigenvalue weighted by atomic mass is 32.2. The Labute approximate surface area is 120 Å². The largest absolute Gasteiger partial charge is 0.398 e. The van der Waals surface area contributed by atoms with E-state index < -0.39 is 10.0 Å². The Kier molecular flexibility index (Phi) is 4.67. The third-order valence-electron chi connectivity index (χ3n) is 4.07. The van der Waals surface area contributed by atoms with Gasteiger partial charge in [0.25, 0.3) is 0 Å². The SMILES string of the molecule is Nc1ccccc1CS(=O)(=O)NCC1(CO)CCCC1. The second kappa shape index (κ2) is 6.11. The predicted molar refractivity (Wildman–Crippen MR) is 79.5 cm³/mol. The Balaban J connectivity index is 1.99. The van der Waals surface area contributed by atoms with Gasteiger partial charge in [0.2, 0.25) is 10.0 Å². The van der Waals surface area contributed by atoms with Crippen molar-refractivity contribution in [1.82, 2.24) is 4.72 Å². The van der Waals surface area contributed by atoms with E-state index in [9.17, 15) is 13.5 Å². The third kappa shape index (κ3) is 3.71. The summed E-state index contributed by atoms with van der Waals surface area (Å²) in [4.78, 5) is 0. The molecule has 0 amide bonds. The molecule has 0 aromatic heterocycles. The predicted octanol–water partition coefficient (Wildman–Crippen LogP) is 1.24. The molecular weight excluding hydrogens is 276 g/mol. The molecule has 1 aliphatic rings. The number of benzene rings is 1. The minimum atomic E-state index is -3.43. The number of anilines is 1. The standard InChI is InChI=1S/C14H22N2O3S/c15-13-6-2-1-5-12(13)9-20(18,19)16-10-14(11-17)7-3-4-8-14/h1-2,5-6,16-17H,3-4,7-11,15H2. The maximum absolute atomic E-state index is 12.1. The van der Waals surface area contributed by atoms with E-state index >= 15 is 0 Å². The lowest BCUT2D eigenvalue weighted by molar-refractivity contribution is 0.134. The van der Waals surface area contributed by atoms with Gasteiger partial charge in [-0.3, -0.25) is 0 Å². The maximum Gasteiger partial charge on any atom is 0.215 e. The number of hydrogen-bond acceptors (Lipinski definition) is 4. The minimum absolute atomic E-state index is 0.0307. The van der Waals surface area contributed by atoms with Crippen molar-refractivity contribution in [2.24, 2.45) is 5.41 Å². The number of aliphatic hydroxyl groups excluding tert-OH is 1. The molecule has 0 unspecified atom stereocenters. The van der Waals surface area contributed by atoms with Gasteiger partial charge in [-0.1, -0.05) is 31.0 Å². The van der Waals surface area contributed by atoms with E-state index in [1.54, 1.807) is 24.3 Å². The van der Waals surface area contributed by atoms with E-state index in [4.69, 9.17) is 5.73 Å². The highest BCUT2D eigenvalue weighted by Crippen LogP contribution is 2.37. The quantitative estimate of drug-likeness (QED) is 0.689. The van der Waals surface area contributed by atoms with Crippen molar-refractivity contribution in [1.29, 1.82) is 0 Å².